The summed E-state index contributed by atoms with van der Waals surface area (Å²) in [7, 11) is 1.58. The van der Waals surface area contributed by atoms with E-state index in [9.17, 15) is 9.90 Å². The molecule has 136 valence electrons. The lowest BCUT2D eigenvalue weighted by Crippen LogP contribution is -2.23. The molecule has 3 aromatic rings. The van der Waals surface area contributed by atoms with Crippen LogP contribution in [-0.4, -0.2) is 29.9 Å². The first-order valence-corrected chi connectivity index (χ1v) is 8.72. The topological polar surface area (TPSA) is 58.9 Å². The molecular formula is C23H21NO3. The molecule has 3 rings (SSSR count). The van der Waals surface area contributed by atoms with E-state index in [1.165, 1.54) is 0 Å². The van der Waals surface area contributed by atoms with E-state index in [1.54, 1.807) is 7.11 Å². The molecule has 0 saturated carbocycles. The summed E-state index contributed by atoms with van der Waals surface area (Å²) >= 11 is 0. The second-order valence-electron chi connectivity index (χ2n) is 6.08. The average Bonchev–Trinajstić information content (AvgIpc) is 2.72. The predicted octanol–water partition coefficient (Wildman–Crippen LogP) is 4.23. The van der Waals surface area contributed by atoms with Gasteiger partial charge in [-0.15, -0.1) is 0 Å². The SMILES string of the molecule is COc1ccccc1C[C@H](N=C(c1ccccc1)c1ccccc1)C(=O)O. The maximum Gasteiger partial charge on any atom is 0.328 e. The number of aliphatic carboxylic acids is 1. The van der Waals surface area contributed by atoms with Crippen molar-refractivity contribution >= 4 is 11.7 Å². The molecule has 4 heteroatoms. The molecule has 0 unspecified atom stereocenters. The highest BCUT2D eigenvalue weighted by Crippen LogP contribution is 2.21. The second-order valence-corrected chi connectivity index (χ2v) is 6.08. The van der Waals surface area contributed by atoms with E-state index >= 15 is 0 Å². The van der Waals surface area contributed by atoms with Crippen molar-refractivity contribution in [3.8, 4) is 5.75 Å². The summed E-state index contributed by atoms with van der Waals surface area (Å²) in [6.45, 7) is 0. The molecule has 0 spiro atoms. The minimum Gasteiger partial charge on any atom is -0.496 e. The zero-order chi connectivity index (χ0) is 19.1. The van der Waals surface area contributed by atoms with E-state index in [1.807, 2.05) is 84.9 Å². The lowest BCUT2D eigenvalue weighted by molar-refractivity contribution is -0.138. The first-order chi connectivity index (χ1) is 13.2. The molecule has 3 aromatic carbocycles. The molecule has 27 heavy (non-hydrogen) atoms. The van der Waals surface area contributed by atoms with Gasteiger partial charge < -0.3 is 9.84 Å². The molecule has 0 saturated heterocycles. The summed E-state index contributed by atoms with van der Waals surface area (Å²) in [6, 6.07) is 25.8. The maximum atomic E-state index is 12.0. The number of methoxy groups -OCH3 is 1. The molecule has 0 aliphatic rings. The zero-order valence-corrected chi connectivity index (χ0v) is 15.1. The molecule has 4 nitrogen and oxygen atoms in total. The van der Waals surface area contributed by atoms with Crippen LogP contribution in [0, 0.1) is 0 Å². The van der Waals surface area contributed by atoms with Gasteiger partial charge in [0.15, 0.2) is 6.04 Å². The van der Waals surface area contributed by atoms with Crippen molar-refractivity contribution in [2.24, 2.45) is 4.99 Å². The molecule has 0 heterocycles. The Hall–Kier alpha value is -3.40. The van der Waals surface area contributed by atoms with Crippen molar-refractivity contribution in [1.29, 1.82) is 0 Å². The lowest BCUT2D eigenvalue weighted by Gasteiger charge is -2.14. The van der Waals surface area contributed by atoms with Crippen LogP contribution in [0.15, 0.2) is 89.9 Å². The van der Waals surface area contributed by atoms with Gasteiger partial charge in [-0.3, -0.25) is 4.99 Å². The number of carboxylic acid groups (broad SMARTS) is 1. The first kappa shape index (κ1) is 18.4. The van der Waals surface area contributed by atoms with Crippen LogP contribution in [-0.2, 0) is 11.2 Å². The monoisotopic (exact) mass is 359 g/mol. The predicted molar refractivity (Wildman–Crippen MR) is 107 cm³/mol. The second kappa shape index (κ2) is 8.81. The average molecular weight is 359 g/mol. The van der Waals surface area contributed by atoms with E-state index in [0.29, 0.717) is 11.5 Å². The quantitative estimate of drug-likeness (QED) is 0.642. The standard InChI is InChI=1S/C23H21NO3/c1-27-21-15-9-8-14-19(21)16-20(23(25)26)24-22(17-10-4-2-5-11-17)18-12-6-3-7-13-18/h2-15,20H,16H2,1H3,(H,25,26)/t20-/m0/s1. The molecule has 0 aliphatic carbocycles. The van der Waals surface area contributed by atoms with Crippen LogP contribution in [0.3, 0.4) is 0 Å². The van der Waals surface area contributed by atoms with Crippen LogP contribution in [0.1, 0.15) is 16.7 Å². The number of benzene rings is 3. The summed E-state index contributed by atoms with van der Waals surface area (Å²) in [6.07, 6.45) is 0.252. The largest absolute Gasteiger partial charge is 0.496 e. The van der Waals surface area contributed by atoms with Crippen LogP contribution in [0.4, 0.5) is 0 Å². The summed E-state index contributed by atoms with van der Waals surface area (Å²) in [5.41, 5.74) is 3.25. The van der Waals surface area contributed by atoms with Gasteiger partial charge in [0, 0.05) is 17.5 Å². The minimum atomic E-state index is -0.967. The Morgan fingerprint density at radius 3 is 1.93 bits per heavy atom. The van der Waals surface area contributed by atoms with Crippen LogP contribution < -0.4 is 4.74 Å². The van der Waals surface area contributed by atoms with Crippen molar-refractivity contribution in [3.05, 3.63) is 102 Å². The summed E-state index contributed by atoms with van der Waals surface area (Å²) < 4.78 is 5.36. The molecule has 0 fully saturated rings. The number of carboxylic acids is 1. The van der Waals surface area contributed by atoms with Gasteiger partial charge in [0.2, 0.25) is 0 Å². The number of hydrogen-bond donors (Lipinski definition) is 1. The molecule has 1 N–H and O–H groups in total. The van der Waals surface area contributed by atoms with Gasteiger partial charge in [-0.25, -0.2) is 4.79 Å². The molecule has 1 atom stereocenters. The molecule has 0 aliphatic heterocycles. The van der Waals surface area contributed by atoms with Crippen molar-refractivity contribution in [2.45, 2.75) is 12.5 Å². The van der Waals surface area contributed by atoms with E-state index in [-0.39, 0.29) is 6.42 Å². The highest BCUT2D eigenvalue weighted by atomic mass is 16.5. The van der Waals surface area contributed by atoms with E-state index in [4.69, 9.17) is 4.74 Å². The number of rotatable bonds is 7. The Balaban J connectivity index is 2.04. The zero-order valence-electron chi connectivity index (χ0n) is 15.1. The molecular weight excluding hydrogens is 338 g/mol. The van der Waals surface area contributed by atoms with Gasteiger partial charge in [0.05, 0.1) is 12.8 Å². The Labute approximate surface area is 158 Å². The highest BCUT2D eigenvalue weighted by Gasteiger charge is 2.21. The van der Waals surface area contributed by atoms with Gasteiger partial charge in [0.1, 0.15) is 5.75 Å². The van der Waals surface area contributed by atoms with E-state index < -0.39 is 12.0 Å². The number of carbonyl (C=O) groups is 1. The lowest BCUT2D eigenvalue weighted by atomic mass is 10.0. The van der Waals surface area contributed by atoms with Gasteiger partial charge in [-0.2, -0.15) is 0 Å². The fourth-order valence-corrected chi connectivity index (χ4v) is 2.93. The van der Waals surface area contributed by atoms with Crippen molar-refractivity contribution < 1.29 is 14.6 Å². The first-order valence-electron chi connectivity index (χ1n) is 8.72. The fraction of sp³-hybridized carbons (Fsp3) is 0.130. The minimum absolute atomic E-state index is 0.252. The van der Waals surface area contributed by atoms with Crippen molar-refractivity contribution in [2.75, 3.05) is 7.11 Å². The Morgan fingerprint density at radius 1 is 0.889 bits per heavy atom. The van der Waals surface area contributed by atoms with E-state index in [2.05, 4.69) is 4.99 Å². The summed E-state index contributed by atoms with van der Waals surface area (Å²) in [5.74, 6) is -0.301. The van der Waals surface area contributed by atoms with Crippen LogP contribution in [0.5, 0.6) is 5.75 Å². The number of para-hydroxylation sites is 1. The Kier molecular flexibility index (Phi) is 6.00. The third-order valence-corrected chi connectivity index (χ3v) is 4.27. The fourth-order valence-electron chi connectivity index (χ4n) is 2.93. The maximum absolute atomic E-state index is 12.0. The number of aliphatic imine (C=N–C) groups is 1. The summed E-state index contributed by atoms with van der Waals surface area (Å²) in [5, 5.41) is 9.79. The summed E-state index contributed by atoms with van der Waals surface area (Å²) in [4.78, 5) is 16.6. The number of nitrogens with zero attached hydrogens (tertiary/aromatic N) is 1. The normalized spacial score (nSPS) is 11.4. The number of ether oxygens (including phenoxy) is 1. The molecule has 0 aromatic heterocycles. The van der Waals surface area contributed by atoms with Gasteiger partial charge in [-0.05, 0) is 11.6 Å². The highest BCUT2D eigenvalue weighted by molar-refractivity contribution is 6.13. The third kappa shape index (κ3) is 4.61. The smallest absolute Gasteiger partial charge is 0.328 e. The van der Waals surface area contributed by atoms with Crippen molar-refractivity contribution in [3.63, 3.8) is 0 Å². The third-order valence-electron chi connectivity index (χ3n) is 4.27. The van der Waals surface area contributed by atoms with Crippen LogP contribution >= 0.6 is 0 Å². The van der Waals surface area contributed by atoms with Gasteiger partial charge in [0.25, 0.3) is 0 Å². The molecule has 0 amide bonds. The molecule has 0 bridgehead atoms. The Bertz CT molecular complexity index is 879. The van der Waals surface area contributed by atoms with Crippen LogP contribution in [0.25, 0.3) is 0 Å². The number of hydrogen-bond acceptors (Lipinski definition) is 3. The molecule has 0 radical (unpaired) electrons. The van der Waals surface area contributed by atoms with Crippen LogP contribution in [0.2, 0.25) is 0 Å². The van der Waals surface area contributed by atoms with Crippen molar-refractivity contribution in [1.82, 2.24) is 0 Å². The Morgan fingerprint density at radius 2 is 1.41 bits per heavy atom. The van der Waals surface area contributed by atoms with Gasteiger partial charge in [-0.1, -0.05) is 78.9 Å². The van der Waals surface area contributed by atoms with Gasteiger partial charge >= 0.3 is 5.97 Å². The van der Waals surface area contributed by atoms with E-state index in [0.717, 1.165) is 16.7 Å².